The number of nitrogens with zero attached hydrogens (tertiary/aromatic N) is 2. The molecule has 0 spiro atoms. The quantitative estimate of drug-likeness (QED) is 0.616. The first-order valence-corrected chi connectivity index (χ1v) is 10.4. The van der Waals surface area contributed by atoms with Crippen LogP contribution in [0.3, 0.4) is 0 Å². The van der Waals surface area contributed by atoms with E-state index in [1.54, 1.807) is 0 Å². The number of sulfonamides is 1. The molecule has 144 valence electrons. The molecule has 1 aliphatic heterocycles. The Labute approximate surface area is 159 Å². The smallest absolute Gasteiger partial charge is 0.269 e. The summed E-state index contributed by atoms with van der Waals surface area (Å²) < 4.78 is 27.0. The molecule has 7 nitrogen and oxygen atoms in total. The maximum absolute atomic E-state index is 12.8. The van der Waals surface area contributed by atoms with Gasteiger partial charge in [0.05, 0.1) is 36.0 Å². The number of quaternary nitrogens is 1. The van der Waals surface area contributed by atoms with Gasteiger partial charge in [-0.05, 0) is 31.5 Å². The summed E-state index contributed by atoms with van der Waals surface area (Å²) in [6.07, 6.45) is 0. The molecule has 27 heavy (non-hydrogen) atoms. The Bertz CT molecular complexity index is 934. The van der Waals surface area contributed by atoms with Crippen LogP contribution in [0.5, 0.6) is 0 Å². The lowest BCUT2D eigenvalue weighted by atomic mass is 10.1. The lowest BCUT2D eigenvalue weighted by molar-refractivity contribution is -0.917. The lowest BCUT2D eigenvalue weighted by Gasteiger charge is -2.31. The van der Waals surface area contributed by atoms with Crippen LogP contribution >= 0.6 is 0 Å². The molecule has 0 radical (unpaired) electrons. The Kier molecular flexibility index (Phi) is 5.59. The number of hydrogen-bond donors (Lipinski definition) is 1. The second-order valence-corrected chi connectivity index (χ2v) is 8.95. The van der Waals surface area contributed by atoms with Crippen LogP contribution in [0.25, 0.3) is 0 Å². The molecule has 1 heterocycles. The van der Waals surface area contributed by atoms with Crippen molar-refractivity contribution in [2.24, 2.45) is 0 Å². The van der Waals surface area contributed by atoms with Gasteiger partial charge < -0.3 is 4.90 Å². The molecular weight excluding hydrogens is 366 g/mol. The van der Waals surface area contributed by atoms with E-state index in [1.807, 2.05) is 0 Å². The minimum Gasteiger partial charge on any atom is -0.329 e. The molecular formula is C19H24N3O4S+. The number of nitro groups is 1. The zero-order valence-electron chi connectivity index (χ0n) is 15.5. The van der Waals surface area contributed by atoms with Crippen LogP contribution in [-0.4, -0.2) is 43.8 Å². The van der Waals surface area contributed by atoms with E-state index in [4.69, 9.17) is 0 Å². The van der Waals surface area contributed by atoms with Gasteiger partial charge in [0, 0.05) is 17.7 Å². The molecule has 0 amide bonds. The number of benzene rings is 2. The molecule has 8 heteroatoms. The molecule has 0 atom stereocenters. The SMILES string of the molecule is Cc1ccc(C)c(C[NH+]2CCN(S(=O)(=O)c3ccc([N+](=O)[O-])cc3)CC2)c1. The van der Waals surface area contributed by atoms with Crippen molar-refractivity contribution < 1.29 is 18.2 Å². The first-order valence-electron chi connectivity index (χ1n) is 8.91. The third kappa shape index (κ3) is 4.35. The molecule has 0 saturated carbocycles. The monoisotopic (exact) mass is 390 g/mol. The van der Waals surface area contributed by atoms with E-state index in [2.05, 4.69) is 32.0 Å². The molecule has 2 aromatic carbocycles. The fraction of sp³-hybridized carbons (Fsp3) is 0.368. The Morgan fingerprint density at radius 3 is 2.30 bits per heavy atom. The third-order valence-corrected chi connectivity index (χ3v) is 6.97. The van der Waals surface area contributed by atoms with Crippen LogP contribution in [0.4, 0.5) is 5.69 Å². The number of nitrogens with one attached hydrogen (secondary N) is 1. The highest BCUT2D eigenvalue weighted by Crippen LogP contribution is 2.19. The highest BCUT2D eigenvalue weighted by molar-refractivity contribution is 7.89. The maximum atomic E-state index is 12.8. The van der Waals surface area contributed by atoms with Crippen molar-refractivity contribution in [1.29, 1.82) is 0 Å². The van der Waals surface area contributed by atoms with Crippen molar-refractivity contribution in [1.82, 2.24) is 4.31 Å². The van der Waals surface area contributed by atoms with Crippen LogP contribution in [0.15, 0.2) is 47.4 Å². The molecule has 1 fully saturated rings. The lowest BCUT2D eigenvalue weighted by Crippen LogP contribution is -3.13. The summed E-state index contributed by atoms with van der Waals surface area (Å²) in [6.45, 7) is 7.42. The normalized spacial score (nSPS) is 16.4. The maximum Gasteiger partial charge on any atom is 0.269 e. The summed E-state index contributed by atoms with van der Waals surface area (Å²) >= 11 is 0. The van der Waals surface area contributed by atoms with Gasteiger partial charge in [-0.25, -0.2) is 8.42 Å². The zero-order chi connectivity index (χ0) is 19.6. The van der Waals surface area contributed by atoms with E-state index in [-0.39, 0.29) is 10.6 Å². The average molecular weight is 390 g/mol. The van der Waals surface area contributed by atoms with E-state index in [9.17, 15) is 18.5 Å². The van der Waals surface area contributed by atoms with E-state index in [1.165, 1.54) is 50.2 Å². The number of hydrogen-bond acceptors (Lipinski definition) is 4. The van der Waals surface area contributed by atoms with Crippen molar-refractivity contribution in [2.75, 3.05) is 26.2 Å². The Hall–Kier alpha value is -2.29. The summed E-state index contributed by atoms with van der Waals surface area (Å²) in [6, 6.07) is 11.5. The van der Waals surface area contributed by atoms with Crippen LogP contribution in [0, 0.1) is 24.0 Å². The van der Waals surface area contributed by atoms with E-state index < -0.39 is 14.9 Å². The zero-order valence-corrected chi connectivity index (χ0v) is 16.3. The highest BCUT2D eigenvalue weighted by atomic mass is 32.2. The molecule has 0 unspecified atom stereocenters. The van der Waals surface area contributed by atoms with Crippen LogP contribution in [0.1, 0.15) is 16.7 Å². The van der Waals surface area contributed by atoms with Gasteiger partial charge in [-0.3, -0.25) is 10.1 Å². The Morgan fingerprint density at radius 2 is 1.70 bits per heavy atom. The summed E-state index contributed by atoms with van der Waals surface area (Å²) in [7, 11) is -3.62. The van der Waals surface area contributed by atoms with Crippen molar-refractivity contribution >= 4 is 15.7 Å². The van der Waals surface area contributed by atoms with Gasteiger partial charge in [0.25, 0.3) is 5.69 Å². The second kappa shape index (κ2) is 7.75. The second-order valence-electron chi connectivity index (χ2n) is 7.01. The number of aryl methyl sites for hydroxylation is 2. The van der Waals surface area contributed by atoms with Crippen molar-refractivity contribution in [3.63, 3.8) is 0 Å². The molecule has 0 aromatic heterocycles. The summed E-state index contributed by atoms with van der Waals surface area (Å²) in [4.78, 5) is 11.7. The van der Waals surface area contributed by atoms with Crippen molar-refractivity contribution in [3.8, 4) is 0 Å². The predicted molar refractivity (Wildman–Crippen MR) is 102 cm³/mol. The fourth-order valence-electron chi connectivity index (χ4n) is 3.37. The minimum absolute atomic E-state index is 0.103. The van der Waals surface area contributed by atoms with Gasteiger partial charge in [-0.15, -0.1) is 0 Å². The van der Waals surface area contributed by atoms with E-state index in [0.29, 0.717) is 13.1 Å². The standard InChI is InChI=1S/C19H23N3O4S/c1-15-3-4-16(2)17(13-15)14-20-9-11-21(12-10-20)27(25,26)19-7-5-18(6-8-19)22(23)24/h3-8,13H,9-12,14H2,1-2H3/p+1. The van der Waals surface area contributed by atoms with Gasteiger partial charge in [0.1, 0.15) is 6.54 Å². The molecule has 1 saturated heterocycles. The summed E-state index contributed by atoms with van der Waals surface area (Å²) in [5, 5.41) is 10.7. The Balaban J connectivity index is 1.65. The van der Waals surface area contributed by atoms with Crippen molar-refractivity contribution in [3.05, 3.63) is 69.3 Å². The van der Waals surface area contributed by atoms with Crippen LogP contribution < -0.4 is 4.90 Å². The number of non-ortho nitro benzene ring substituents is 1. The molecule has 0 bridgehead atoms. The third-order valence-electron chi connectivity index (χ3n) is 5.06. The van der Waals surface area contributed by atoms with E-state index >= 15 is 0 Å². The van der Waals surface area contributed by atoms with Gasteiger partial charge >= 0.3 is 0 Å². The van der Waals surface area contributed by atoms with Crippen LogP contribution in [0.2, 0.25) is 0 Å². The first-order chi connectivity index (χ1) is 12.8. The number of rotatable bonds is 5. The Morgan fingerprint density at radius 1 is 1.07 bits per heavy atom. The molecule has 3 rings (SSSR count). The van der Waals surface area contributed by atoms with Crippen molar-refractivity contribution in [2.45, 2.75) is 25.3 Å². The van der Waals surface area contributed by atoms with Gasteiger partial charge in [-0.1, -0.05) is 23.8 Å². The number of piperazine rings is 1. The topological polar surface area (TPSA) is 85.0 Å². The largest absolute Gasteiger partial charge is 0.329 e. The average Bonchev–Trinajstić information content (AvgIpc) is 2.65. The van der Waals surface area contributed by atoms with Crippen LogP contribution in [-0.2, 0) is 16.6 Å². The molecule has 1 N–H and O–H groups in total. The summed E-state index contributed by atoms with van der Waals surface area (Å²) in [5.74, 6) is 0. The predicted octanol–water partition coefficient (Wildman–Crippen LogP) is 1.30. The van der Waals surface area contributed by atoms with Gasteiger partial charge in [0.2, 0.25) is 10.0 Å². The molecule has 0 aliphatic carbocycles. The van der Waals surface area contributed by atoms with Gasteiger partial charge in [-0.2, -0.15) is 4.31 Å². The fourth-order valence-corrected chi connectivity index (χ4v) is 4.81. The summed E-state index contributed by atoms with van der Waals surface area (Å²) in [5.41, 5.74) is 3.68. The minimum atomic E-state index is -3.62. The molecule has 2 aromatic rings. The van der Waals surface area contributed by atoms with E-state index in [0.717, 1.165) is 19.6 Å². The van der Waals surface area contributed by atoms with Gasteiger partial charge in [0.15, 0.2) is 0 Å². The first kappa shape index (κ1) is 19.5. The highest BCUT2D eigenvalue weighted by Gasteiger charge is 2.30. The molecule has 1 aliphatic rings. The number of nitro benzene ring substituents is 1.